The van der Waals surface area contributed by atoms with Gasteiger partial charge in [-0.15, -0.1) is 4.72 Å². The largest absolute Gasteiger partial charge is 0.598 e. The van der Waals surface area contributed by atoms with E-state index >= 15 is 0 Å². The van der Waals surface area contributed by atoms with Crippen LogP contribution in [0.15, 0.2) is 59.5 Å². The Balaban J connectivity index is 2.26. The average molecular weight is 577 g/mol. The predicted molar refractivity (Wildman–Crippen MR) is 155 cm³/mol. The number of hydrogen-bond donors (Lipinski definition) is 1. The normalized spacial score (nSPS) is 13.8. The first-order chi connectivity index (χ1) is 17.6. The quantitative estimate of drug-likeness (QED) is 0.284. The molecule has 0 aliphatic carbocycles. The molecule has 0 unspecified atom stereocenters. The highest BCUT2D eigenvalue weighted by atomic mass is 35.5. The molecule has 0 radical (unpaired) electrons. The van der Waals surface area contributed by atoms with E-state index in [4.69, 9.17) is 11.6 Å². The van der Waals surface area contributed by atoms with Gasteiger partial charge in [0.25, 0.3) is 5.56 Å². The summed E-state index contributed by atoms with van der Waals surface area (Å²) < 4.78 is 41.6. The number of carbonyl (C=O) groups excluding carboxylic acids is 1. The average Bonchev–Trinajstić information content (AvgIpc) is 2.84. The van der Waals surface area contributed by atoms with Gasteiger partial charge in [-0.3, -0.25) is 9.59 Å². The smallest absolute Gasteiger partial charge is 0.250 e. The van der Waals surface area contributed by atoms with Gasteiger partial charge >= 0.3 is 0 Å². The van der Waals surface area contributed by atoms with Crippen molar-refractivity contribution in [2.75, 3.05) is 5.75 Å². The van der Waals surface area contributed by atoms with Gasteiger partial charge in [-0.05, 0) is 74.7 Å². The summed E-state index contributed by atoms with van der Waals surface area (Å²) in [4.78, 5) is 26.3. The molecule has 0 bridgehead atoms. The minimum Gasteiger partial charge on any atom is -0.598 e. The third kappa shape index (κ3) is 7.15. The molecule has 1 heterocycles. The van der Waals surface area contributed by atoms with Gasteiger partial charge in [0.05, 0.1) is 11.8 Å². The second-order valence-corrected chi connectivity index (χ2v) is 15.0. The summed E-state index contributed by atoms with van der Waals surface area (Å²) >= 11 is 4.59. The Labute approximate surface area is 232 Å². The molecule has 0 aliphatic heterocycles. The predicted octanol–water partition coefficient (Wildman–Crippen LogP) is 4.98. The number of hydrogen-bond acceptors (Lipinski definition) is 6. The number of carbonyl (C=O) groups is 1. The molecule has 38 heavy (non-hydrogen) atoms. The zero-order valence-corrected chi connectivity index (χ0v) is 24.8. The van der Waals surface area contributed by atoms with Crippen LogP contribution < -0.4 is 10.3 Å². The highest BCUT2D eigenvalue weighted by Gasteiger charge is 2.30. The Bertz CT molecular complexity index is 1490. The SMILES string of the molecule is CCS(=O)(=O)Cc1ccc(C(=O)c2ccc(Cl)cc2)c(-c2cn(C)c(=O)cc2[C@H](C)N[S@@+]([O-])C(C)(C)C)c1. The molecule has 10 heteroatoms. The van der Waals surface area contributed by atoms with Crippen LogP contribution in [0, 0.1) is 0 Å². The van der Waals surface area contributed by atoms with Crippen molar-refractivity contribution >= 4 is 38.6 Å². The standard InChI is InChI=1S/C28H33ClN2O5S2/c1-7-38(35,36)17-19-8-13-22(27(33)20-9-11-21(29)12-10-20)24(14-19)25-16-31(6)26(32)15-23(25)18(2)30-37(34)28(3,4)5/h8-16,18,30H,7,17H2,1-6H3/t18-,37-/m0/s1. The van der Waals surface area contributed by atoms with Crippen molar-refractivity contribution in [2.45, 2.75) is 51.2 Å². The number of pyridine rings is 1. The summed E-state index contributed by atoms with van der Waals surface area (Å²) in [6.45, 7) is 8.91. The Kier molecular flexibility index (Phi) is 9.32. The summed E-state index contributed by atoms with van der Waals surface area (Å²) in [7, 11) is -1.74. The molecular formula is C28H33ClN2O5S2. The molecule has 0 fully saturated rings. The monoisotopic (exact) mass is 576 g/mol. The van der Waals surface area contributed by atoms with Gasteiger partial charge < -0.3 is 9.12 Å². The van der Waals surface area contributed by atoms with Gasteiger partial charge in [-0.1, -0.05) is 30.7 Å². The van der Waals surface area contributed by atoms with Crippen LogP contribution in [0.4, 0.5) is 0 Å². The summed E-state index contributed by atoms with van der Waals surface area (Å²) in [5, 5.41) is 0.494. The van der Waals surface area contributed by atoms with E-state index in [1.165, 1.54) is 10.6 Å². The number of benzene rings is 2. The molecule has 204 valence electrons. The Hall–Kier alpha value is -2.43. The zero-order chi connectivity index (χ0) is 28.4. The Morgan fingerprint density at radius 2 is 1.74 bits per heavy atom. The molecule has 0 spiro atoms. The maximum Gasteiger partial charge on any atom is 0.250 e. The topological polar surface area (TPSA) is 108 Å². The van der Waals surface area contributed by atoms with Crippen LogP contribution in [-0.4, -0.2) is 33.8 Å². The van der Waals surface area contributed by atoms with Crippen LogP contribution in [-0.2, 0) is 34.0 Å². The number of rotatable bonds is 9. The van der Waals surface area contributed by atoms with Crippen LogP contribution >= 0.6 is 11.6 Å². The number of aromatic nitrogens is 1. The van der Waals surface area contributed by atoms with Crippen LogP contribution in [0.5, 0.6) is 0 Å². The van der Waals surface area contributed by atoms with Crippen LogP contribution in [0.1, 0.15) is 67.7 Å². The summed E-state index contributed by atoms with van der Waals surface area (Å²) in [5.74, 6) is -0.479. The molecular weight excluding hydrogens is 544 g/mol. The molecule has 0 saturated heterocycles. The molecule has 2 atom stereocenters. The van der Waals surface area contributed by atoms with E-state index in [2.05, 4.69) is 4.72 Å². The third-order valence-corrected chi connectivity index (χ3v) is 9.70. The first-order valence-electron chi connectivity index (χ1n) is 12.2. The fourth-order valence-electron chi connectivity index (χ4n) is 3.84. The minimum absolute atomic E-state index is 0.0154. The van der Waals surface area contributed by atoms with E-state index in [0.29, 0.717) is 38.4 Å². The summed E-state index contributed by atoms with van der Waals surface area (Å²) in [5.41, 5.74) is 2.60. The highest BCUT2D eigenvalue weighted by molar-refractivity contribution is 7.91. The fourth-order valence-corrected chi connectivity index (χ4v) is 5.66. The molecule has 3 aromatic rings. The lowest BCUT2D eigenvalue weighted by Crippen LogP contribution is -2.41. The number of sulfone groups is 1. The lowest BCUT2D eigenvalue weighted by Gasteiger charge is -2.27. The van der Waals surface area contributed by atoms with Crippen LogP contribution in [0.2, 0.25) is 5.02 Å². The lowest BCUT2D eigenvalue weighted by molar-refractivity contribution is 0.103. The number of halogens is 1. The fraction of sp³-hybridized carbons (Fsp3) is 0.357. The van der Waals surface area contributed by atoms with Gasteiger partial charge in [0.15, 0.2) is 15.6 Å². The Morgan fingerprint density at radius 3 is 2.32 bits per heavy atom. The maximum absolute atomic E-state index is 13.7. The number of ketones is 1. The first kappa shape index (κ1) is 30.1. The summed E-state index contributed by atoms with van der Waals surface area (Å²) in [6, 6.07) is 12.4. The number of nitrogens with zero attached hydrogens (tertiary/aromatic N) is 1. The Morgan fingerprint density at radius 1 is 1.11 bits per heavy atom. The van der Waals surface area contributed by atoms with Crippen molar-refractivity contribution in [1.82, 2.24) is 9.29 Å². The van der Waals surface area contributed by atoms with Crippen LogP contribution in [0.25, 0.3) is 11.1 Å². The van der Waals surface area contributed by atoms with Crippen molar-refractivity contribution in [3.05, 3.63) is 92.4 Å². The van der Waals surface area contributed by atoms with Gasteiger partial charge in [0.2, 0.25) is 0 Å². The van der Waals surface area contributed by atoms with E-state index in [0.717, 1.165) is 0 Å². The third-order valence-electron chi connectivity index (χ3n) is 6.12. The molecule has 1 aromatic heterocycles. The number of nitrogens with one attached hydrogen (secondary N) is 1. The van der Waals surface area contributed by atoms with Crippen molar-refractivity contribution in [2.24, 2.45) is 7.05 Å². The highest BCUT2D eigenvalue weighted by Crippen LogP contribution is 2.33. The molecule has 3 rings (SSSR count). The molecule has 0 saturated carbocycles. The second kappa shape index (κ2) is 11.8. The van der Waals surface area contributed by atoms with Crippen molar-refractivity contribution in [3.63, 3.8) is 0 Å². The van der Waals surface area contributed by atoms with E-state index in [-0.39, 0.29) is 22.8 Å². The lowest BCUT2D eigenvalue weighted by atomic mass is 9.89. The molecule has 0 aliphatic rings. The van der Waals surface area contributed by atoms with E-state index in [1.54, 1.807) is 69.6 Å². The van der Waals surface area contributed by atoms with Crippen molar-refractivity contribution in [1.29, 1.82) is 0 Å². The number of aryl methyl sites for hydroxylation is 1. The molecule has 7 nitrogen and oxygen atoms in total. The van der Waals surface area contributed by atoms with Gasteiger partial charge in [-0.2, -0.15) is 0 Å². The first-order valence-corrected chi connectivity index (χ1v) is 15.5. The van der Waals surface area contributed by atoms with E-state index in [9.17, 15) is 22.6 Å². The molecule has 1 N–H and O–H groups in total. The van der Waals surface area contributed by atoms with E-state index < -0.39 is 32.0 Å². The van der Waals surface area contributed by atoms with Crippen molar-refractivity contribution < 1.29 is 17.8 Å². The molecule has 2 aromatic carbocycles. The maximum atomic E-state index is 13.7. The van der Waals surface area contributed by atoms with Gasteiger partial charge in [0, 0.05) is 58.1 Å². The second-order valence-electron chi connectivity index (χ2n) is 10.2. The minimum atomic E-state index is -3.34. The summed E-state index contributed by atoms with van der Waals surface area (Å²) in [6.07, 6.45) is 1.63. The van der Waals surface area contributed by atoms with E-state index in [1.807, 2.05) is 20.8 Å². The molecule has 0 amide bonds. The van der Waals surface area contributed by atoms with Gasteiger partial charge in [-0.25, -0.2) is 8.42 Å². The zero-order valence-electron chi connectivity index (χ0n) is 22.4. The van der Waals surface area contributed by atoms with Gasteiger partial charge in [0.1, 0.15) is 4.75 Å². The van der Waals surface area contributed by atoms with Crippen molar-refractivity contribution in [3.8, 4) is 11.1 Å². The van der Waals surface area contributed by atoms with Crippen LogP contribution in [0.3, 0.4) is 0 Å².